The van der Waals surface area contributed by atoms with Crippen LogP contribution in [0.5, 0.6) is 0 Å². The second kappa shape index (κ2) is 10.4. The van der Waals surface area contributed by atoms with Gasteiger partial charge < -0.3 is 14.5 Å². The summed E-state index contributed by atoms with van der Waals surface area (Å²) in [5.74, 6) is 0. The van der Waals surface area contributed by atoms with E-state index in [1.807, 2.05) is 13.8 Å². The number of likely N-dealkylation sites (N-methyl/N-ethyl adjacent to an activating group) is 1. The van der Waals surface area contributed by atoms with Gasteiger partial charge in [-0.15, -0.1) is 0 Å². The van der Waals surface area contributed by atoms with Gasteiger partial charge in [0.1, 0.15) is 0 Å². The molecule has 0 N–H and O–H groups in total. The van der Waals surface area contributed by atoms with Crippen molar-refractivity contribution in [3.05, 3.63) is 0 Å². The summed E-state index contributed by atoms with van der Waals surface area (Å²) in [4.78, 5) is 5.04. The summed E-state index contributed by atoms with van der Waals surface area (Å²) in [6.45, 7) is 14.5. The zero-order valence-electron chi connectivity index (χ0n) is 11.0. The molecule has 1 saturated heterocycles. The van der Waals surface area contributed by atoms with E-state index >= 15 is 0 Å². The largest absolute Gasteiger partial charge is 0.385 e. The molecule has 1 heterocycles. The highest BCUT2D eigenvalue weighted by Crippen LogP contribution is 2.01. The topological polar surface area (TPSA) is 15.7 Å². The minimum Gasteiger partial charge on any atom is -0.385 e. The smallest absolute Gasteiger partial charge is 0.0474 e. The molecule has 0 aromatic carbocycles. The molecule has 1 fully saturated rings. The number of ether oxygens (including phenoxy) is 1. The van der Waals surface area contributed by atoms with E-state index in [9.17, 15) is 0 Å². The van der Waals surface area contributed by atoms with Gasteiger partial charge in [-0.3, -0.25) is 0 Å². The van der Waals surface area contributed by atoms with Gasteiger partial charge in [0.25, 0.3) is 0 Å². The summed E-state index contributed by atoms with van der Waals surface area (Å²) < 4.78 is 5.04. The van der Waals surface area contributed by atoms with Crippen LogP contribution < -0.4 is 0 Å². The van der Waals surface area contributed by atoms with Crippen LogP contribution in [0, 0.1) is 0 Å². The summed E-state index contributed by atoms with van der Waals surface area (Å²) in [5.41, 5.74) is 0. The van der Waals surface area contributed by atoms with Gasteiger partial charge in [0, 0.05) is 46.4 Å². The molecule has 0 radical (unpaired) electrons. The Morgan fingerprint density at radius 1 is 1.00 bits per heavy atom. The lowest BCUT2D eigenvalue weighted by atomic mass is 10.3. The first-order chi connectivity index (χ1) is 7.36. The monoisotopic (exact) mass is 216 g/mol. The third-order valence-corrected chi connectivity index (χ3v) is 2.73. The van der Waals surface area contributed by atoms with Crippen LogP contribution >= 0.6 is 0 Å². The quantitative estimate of drug-likeness (QED) is 0.650. The molecule has 3 heteroatoms. The third-order valence-electron chi connectivity index (χ3n) is 2.73. The van der Waals surface area contributed by atoms with E-state index in [0.29, 0.717) is 0 Å². The van der Waals surface area contributed by atoms with Crippen LogP contribution in [-0.4, -0.2) is 62.8 Å². The summed E-state index contributed by atoms with van der Waals surface area (Å²) in [6.07, 6.45) is 1.17. The molecule has 1 aliphatic heterocycles. The number of hydrogen-bond donors (Lipinski definition) is 0. The Hall–Kier alpha value is -0.120. The maximum absolute atomic E-state index is 5.04. The Labute approximate surface area is 95.4 Å². The van der Waals surface area contributed by atoms with Crippen molar-refractivity contribution in [3.63, 3.8) is 0 Å². The summed E-state index contributed by atoms with van der Waals surface area (Å²) >= 11 is 0. The van der Waals surface area contributed by atoms with Gasteiger partial charge in [0.2, 0.25) is 0 Å². The van der Waals surface area contributed by atoms with Crippen molar-refractivity contribution in [1.82, 2.24) is 9.80 Å². The summed E-state index contributed by atoms with van der Waals surface area (Å²) in [6, 6.07) is 0. The predicted molar refractivity (Wildman–Crippen MR) is 66.4 cm³/mol. The van der Waals surface area contributed by atoms with Crippen molar-refractivity contribution in [1.29, 1.82) is 0 Å². The fourth-order valence-electron chi connectivity index (χ4n) is 1.76. The summed E-state index contributed by atoms with van der Waals surface area (Å²) in [5, 5.41) is 0. The lowest BCUT2D eigenvalue weighted by Gasteiger charge is -2.33. The van der Waals surface area contributed by atoms with Crippen molar-refractivity contribution >= 4 is 0 Å². The number of hydrogen-bond acceptors (Lipinski definition) is 3. The molecule has 0 aromatic rings. The molecular formula is C12H28N2O. The Balaban J connectivity index is 0.000000921. The van der Waals surface area contributed by atoms with Crippen LogP contribution in [0.4, 0.5) is 0 Å². The van der Waals surface area contributed by atoms with Crippen molar-refractivity contribution in [2.24, 2.45) is 0 Å². The van der Waals surface area contributed by atoms with Crippen LogP contribution in [-0.2, 0) is 4.74 Å². The summed E-state index contributed by atoms with van der Waals surface area (Å²) in [7, 11) is 1.77. The second-order valence-electron chi connectivity index (χ2n) is 3.62. The van der Waals surface area contributed by atoms with Gasteiger partial charge in [0.15, 0.2) is 0 Å². The van der Waals surface area contributed by atoms with E-state index in [1.54, 1.807) is 7.11 Å². The Bertz CT molecular complexity index is 120. The average Bonchev–Trinajstić information content (AvgIpc) is 2.33. The van der Waals surface area contributed by atoms with E-state index < -0.39 is 0 Å². The fraction of sp³-hybridized carbons (Fsp3) is 1.00. The molecular weight excluding hydrogens is 188 g/mol. The molecule has 1 rings (SSSR count). The molecule has 0 unspecified atom stereocenters. The van der Waals surface area contributed by atoms with Gasteiger partial charge >= 0.3 is 0 Å². The van der Waals surface area contributed by atoms with E-state index in [4.69, 9.17) is 4.74 Å². The first-order valence-electron chi connectivity index (χ1n) is 6.30. The van der Waals surface area contributed by atoms with Crippen molar-refractivity contribution < 1.29 is 4.74 Å². The van der Waals surface area contributed by atoms with Crippen LogP contribution in [0.3, 0.4) is 0 Å². The minimum atomic E-state index is 0.897. The molecule has 0 atom stereocenters. The minimum absolute atomic E-state index is 0.897. The van der Waals surface area contributed by atoms with Crippen LogP contribution in [0.1, 0.15) is 27.2 Å². The fourth-order valence-corrected chi connectivity index (χ4v) is 1.76. The highest BCUT2D eigenvalue weighted by atomic mass is 16.5. The zero-order valence-corrected chi connectivity index (χ0v) is 11.0. The lowest BCUT2D eigenvalue weighted by Crippen LogP contribution is -2.46. The van der Waals surface area contributed by atoms with Gasteiger partial charge in [-0.05, 0) is 13.0 Å². The van der Waals surface area contributed by atoms with Gasteiger partial charge in [-0.2, -0.15) is 0 Å². The van der Waals surface area contributed by atoms with Crippen LogP contribution in [0.25, 0.3) is 0 Å². The van der Waals surface area contributed by atoms with Crippen LogP contribution in [0.15, 0.2) is 0 Å². The molecule has 0 bridgehead atoms. The van der Waals surface area contributed by atoms with Crippen molar-refractivity contribution in [2.45, 2.75) is 27.2 Å². The predicted octanol–water partition coefficient (Wildman–Crippen LogP) is 1.69. The Morgan fingerprint density at radius 2 is 1.53 bits per heavy atom. The van der Waals surface area contributed by atoms with Crippen LogP contribution in [0.2, 0.25) is 0 Å². The first-order valence-corrected chi connectivity index (χ1v) is 6.30. The second-order valence-corrected chi connectivity index (χ2v) is 3.62. The lowest BCUT2D eigenvalue weighted by molar-refractivity contribution is 0.120. The molecule has 0 amide bonds. The molecule has 1 aliphatic rings. The molecule has 15 heavy (non-hydrogen) atoms. The van der Waals surface area contributed by atoms with Crippen molar-refractivity contribution in [2.75, 3.05) is 53.0 Å². The number of nitrogens with zero attached hydrogens (tertiary/aromatic N) is 2. The van der Waals surface area contributed by atoms with Crippen molar-refractivity contribution in [3.8, 4) is 0 Å². The van der Waals surface area contributed by atoms with E-state index in [1.165, 1.54) is 45.7 Å². The van der Waals surface area contributed by atoms with Gasteiger partial charge in [0.05, 0.1) is 0 Å². The first kappa shape index (κ1) is 14.9. The maximum Gasteiger partial charge on any atom is 0.0474 e. The molecule has 0 aromatic heterocycles. The Morgan fingerprint density at radius 3 is 2.00 bits per heavy atom. The number of piperazine rings is 1. The maximum atomic E-state index is 5.04. The SMILES string of the molecule is CC.CCN1CCN(CCCOC)CC1. The molecule has 0 saturated carbocycles. The van der Waals surface area contributed by atoms with E-state index in [0.717, 1.165) is 6.61 Å². The standard InChI is InChI=1S/C10H22N2O.C2H6/c1-3-11-6-8-12(9-7-11)5-4-10-13-2;1-2/h3-10H2,1-2H3;1-2H3. The zero-order chi connectivity index (χ0) is 11.5. The highest BCUT2D eigenvalue weighted by Gasteiger charge is 2.14. The van der Waals surface area contributed by atoms with E-state index in [2.05, 4.69) is 16.7 Å². The average molecular weight is 216 g/mol. The van der Waals surface area contributed by atoms with E-state index in [-0.39, 0.29) is 0 Å². The third kappa shape index (κ3) is 6.88. The molecule has 92 valence electrons. The number of rotatable bonds is 5. The normalized spacial score (nSPS) is 18.4. The molecule has 0 aliphatic carbocycles. The Kier molecular flexibility index (Phi) is 10.3. The van der Waals surface area contributed by atoms with Gasteiger partial charge in [-0.1, -0.05) is 20.8 Å². The molecule has 3 nitrogen and oxygen atoms in total. The van der Waals surface area contributed by atoms with Gasteiger partial charge in [-0.25, -0.2) is 0 Å². The highest BCUT2D eigenvalue weighted by molar-refractivity contribution is 4.70. The molecule has 0 spiro atoms. The number of methoxy groups -OCH3 is 1.